The fraction of sp³-hybridized carbons (Fsp3) is 0.667. The molecule has 0 radical (unpaired) electrons. The van der Waals surface area contributed by atoms with Gasteiger partial charge in [-0.25, -0.2) is 10.4 Å². The average molecular weight is 272 g/mol. The molecule has 2 nitrogen and oxygen atoms in total. The van der Waals surface area contributed by atoms with E-state index in [0.717, 1.165) is 0 Å². The van der Waals surface area contributed by atoms with E-state index in [0.29, 0.717) is 18.1 Å². The molecule has 1 aromatic rings. The van der Waals surface area contributed by atoms with E-state index in [1.54, 1.807) is 11.1 Å². The highest BCUT2D eigenvalue weighted by Gasteiger charge is 2.26. The Kier molecular flexibility index (Phi) is 4.13. The third-order valence-corrected chi connectivity index (χ3v) is 5.16. The zero-order valence-electron chi connectivity index (χ0n) is 13.2. The smallest absolute Gasteiger partial charge is 0.0436 e. The van der Waals surface area contributed by atoms with E-state index in [9.17, 15) is 0 Å². The molecule has 3 rings (SSSR count). The van der Waals surface area contributed by atoms with Gasteiger partial charge in [-0.2, -0.15) is 0 Å². The predicted octanol–water partition coefficient (Wildman–Crippen LogP) is 4.00. The van der Waals surface area contributed by atoms with Crippen molar-refractivity contribution in [1.82, 2.24) is 10.4 Å². The lowest BCUT2D eigenvalue weighted by Crippen LogP contribution is -2.52. The predicted molar refractivity (Wildman–Crippen MR) is 84.6 cm³/mol. The Morgan fingerprint density at radius 2 is 1.75 bits per heavy atom. The minimum atomic E-state index is 0.406. The molecule has 1 N–H and O–H groups in total. The number of piperidine rings is 1. The first-order chi connectivity index (χ1) is 9.65. The Balaban J connectivity index is 1.70. The van der Waals surface area contributed by atoms with Gasteiger partial charge in [0.1, 0.15) is 0 Å². The van der Waals surface area contributed by atoms with Crippen molar-refractivity contribution in [3.63, 3.8) is 0 Å². The standard InChI is InChI=1S/C18H28N2/c1-13-6-4-7-14(2)20(13)19-15(3)17-11-10-16-8-5-9-18(16)12-17/h10-15,19H,4-9H2,1-3H3. The second-order valence-electron chi connectivity index (χ2n) is 6.77. The Labute approximate surface area is 123 Å². The van der Waals surface area contributed by atoms with Crippen LogP contribution in [0, 0.1) is 0 Å². The molecule has 20 heavy (non-hydrogen) atoms. The van der Waals surface area contributed by atoms with Gasteiger partial charge in [-0.1, -0.05) is 24.6 Å². The summed E-state index contributed by atoms with van der Waals surface area (Å²) in [5, 5.41) is 2.49. The highest BCUT2D eigenvalue weighted by Crippen LogP contribution is 2.27. The largest absolute Gasteiger partial charge is 0.247 e. The zero-order chi connectivity index (χ0) is 14.1. The molecule has 1 fully saturated rings. The van der Waals surface area contributed by atoms with Crippen LogP contribution in [-0.4, -0.2) is 17.1 Å². The summed E-state index contributed by atoms with van der Waals surface area (Å²) in [5.41, 5.74) is 8.35. The molecular weight excluding hydrogens is 244 g/mol. The van der Waals surface area contributed by atoms with Crippen LogP contribution in [0.25, 0.3) is 0 Å². The first-order valence-electron chi connectivity index (χ1n) is 8.31. The molecule has 2 aliphatic rings. The highest BCUT2D eigenvalue weighted by atomic mass is 15.5. The van der Waals surface area contributed by atoms with E-state index in [-0.39, 0.29) is 0 Å². The van der Waals surface area contributed by atoms with E-state index in [2.05, 4.69) is 49.4 Å². The van der Waals surface area contributed by atoms with Gasteiger partial charge < -0.3 is 0 Å². The van der Waals surface area contributed by atoms with Gasteiger partial charge in [0, 0.05) is 18.1 Å². The normalized spacial score (nSPS) is 28.4. The molecule has 0 amide bonds. The lowest BCUT2D eigenvalue weighted by molar-refractivity contribution is 0.0320. The quantitative estimate of drug-likeness (QED) is 0.894. The Hall–Kier alpha value is -0.860. The summed E-state index contributed by atoms with van der Waals surface area (Å²) in [6.45, 7) is 6.99. The molecule has 0 bridgehead atoms. The fourth-order valence-electron chi connectivity index (χ4n) is 3.83. The number of nitrogens with one attached hydrogen (secondary N) is 1. The molecule has 0 spiro atoms. The summed E-state index contributed by atoms with van der Waals surface area (Å²) in [6.07, 6.45) is 7.88. The van der Waals surface area contributed by atoms with Gasteiger partial charge in [-0.15, -0.1) is 0 Å². The molecule has 1 aromatic carbocycles. The highest BCUT2D eigenvalue weighted by molar-refractivity contribution is 5.36. The first-order valence-corrected chi connectivity index (χ1v) is 8.31. The second-order valence-corrected chi connectivity index (χ2v) is 6.77. The SMILES string of the molecule is CC(NN1C(C)CCCC1C)c1ccc2c(c1)CCC2. The number of fused-ring (bicyclic) bond motifs is 1. The van der Waals surface area contributed by atoms with E-state index >= 15 is 0 Å². The van der Waals surface area contributed by atoms with Crippen LogP contribution >= 0.6 is 0 Å². The molecule has 1 aliphatic carbocycles. The van der Waals surface area contributed by atoms with Gasteiger partial charge in [0.15, 0.2) is 0 Å². The molecule has 3 unspecified atom stereocenters. The molecule has 1 saturated heterocycles. The van der Waals surface area contributed by atoms with Crippen LogP contribution in [0.5, 0.6) is 0 Å². The van der Waals surface area contributed by atoms with Crippen molar-refractivity contribution in [2.45, 2.75) is 77.4 Å². The van der Waals surface area contributed by atoms with E-state index in [1.165, 1.54) is 44.1 Å². The van der Waals surface area contributed by atoms with E-state index in [4.69, 9.17) is 0 Å². The molecule has 2 heteroatoms. The number of benzene rings is 1. The summed E-state index contributed by atoms with van der Waals surface area (Å²) in [6, 6.07) is 8.80. The van der Waals surface area contributed by atoms with E-state index in [1.807, 2.05) is 0 Å². The van der Waals surface area contributed by atoms with Gasteiger partial charge in [0.25, 0.3) is 0 Å². The van der Waals surface area contributed by atoms with Crippen molar-refractivity contribution in [1.29, 1.82) is 0 Å². The van der Waals surface area contributed by atoms with Gasteiger partial charge in [-0.3, -0.25) is 0 Å². The number of aryl methyl sites for hydroxylation is 2. The molecule has 0 saturated carbocycles. The molecule has 0 aromatic heterocycles. The number of hydrazine groups is 1. The van der Waals surface area contributed by atoms with Gasteiger partial charge in [0.2, 0.25) is 0 Å². The maximum absolute atomic E-state index is 3.76. The number of nitrogens with zero attached hydrogens (tertiary/aromatic N) is 1. The topological polar surface area (TPSA) is 15.3 Å². The maximum atomic E-state index is 3.76. The number of hydrogen-bond acceptors (Lipinski definition) is 2. The lowest BCUT2D eigenvalue weighted by atomic mass is 9.99. The lowest BCUT2D eigenvalue weighted by Gasteiger charge is -2.41. The van der Waals surface area contributed by atoms with Crippen molar-refractivity contribution >= 4 is 0 Å². The van der Waals surface area contributed by atoms with Crippen LogP contribution in [0.2, 0.25) is 0 Å². The summed E-state index contributed by atoms with van der Waals surface area (Å²) in [7, 11) is 0. The summed E-state index contributed by atoms with van der Waals surface area (Å²) < 4.78 is 0. The third-order valence-electron chi connectivity index (χ3n) is 5.16. The van der Waals surface area contributed by atoms with Crippen molar-refractivity contribution in [2.24, 2.45) is 0 Å². The summed E-state index contributed by atoms with van der Waals surface area (Å²) >= 11 is 0. The van der Waals surface area contributed by atoms with Crippen LogP contribution in [-0.2, 0) is 12.8 Å². The molecular formula is C18H28N2. The van der Waals surface area contributed by atoms with Crippen LogP contribution in [0.4, 0.5) is 0 Å². The van der Waals surface area contributed by atoms with Gasteiger partial charge in [-0.05, 0) is 69.6 Å². The molecule has 1 aliphatic heterocycles. The van der Waals surface area contributed by atoms with Crippen molar-refractivity contribution in [2.75, 3.05) is 0 Å². The average Bonchev–Trinajstić information content (AvgIpc) is 2.90. The monoisotopic (exact) mass is 272 g/mol. The van der Waals surface area contributed by atoms with E-state index < -0.39 is 0 Å². The van der Waals surface area contributed by atoms with Crippen LogP contribution in [0.3, 0.4) is 0 Å². The third kappa shape index (κ3) is 2.77. The van der Waals surface area contributed by atoms with Crippen molar-refractivity contribution in [3.8, 4) is 0 Å². The summed E-state index contributed by atoms with van der Waals surface area (Å²) in [5.74, 6) is 0. The van der Waals surface area contributed by atoms with Gasteiger partial charge >= 0.3 is 0 Å². The van der Waals surface area contributed by atoms with Crippen LogP contribution in [0.15, 0.2) is 18.2 Å². The van der Waals surface area contributed by atoms with Crippen LogP contribution < -0.4 is 5.43 Å². The minimum Gasteiger partial charge on any atom is -0.247 e. The molecule has 3 atom stereocenters. The van der Waals surface area contributed by atoms with Crippen LogP contribution in [0.1, 0.15) is 69.2 Å². The molecule has 110 valence electrons. The maximum Gasteiger partial charge on any atom is 0.0436 e. The molecule has 1 heterocycles. The zero-order valence-corrected chi connectivity index (χ0v) is 13.2. The second kappa shape index (κ2) is 5.87. The van der Waals surface area contributed by atoms with Gasteiger partial charge in [0.05, 0.1) is 0 Å². The van der Waals surface area contributed by atoms with Crippen molar-refractivity contribution in [3.05, 3.63) is 34.9 Å². The number of rotatable bonds is 3. The number of hydrogen-bond donors (Lipinski definition) is 1. The Bertz CT molecular complexity index is 458. The van der Waals surface area contributed by atoms with Crippen molar-refractivity contribution < 1.29 is 0 Å². The fourth-order valence-corrected chi connectivity index (χ4v) is 3.83. The Morgan fingerprint density at radius 3 is 2.50 bits per heavy atom. The first kappa shape index (κ1) is 14.1. The summed E-state index contributed by atoms with van der Waals surface area (Å²) in [4.78, 5) is 0. The minimum absolute atomic E-state index is 0.406. The Morgan fingerprint density at radius 1 is 1.05 bits per heavy atom.